The van der Waals surface area contributed by atoms with Crippen LogP contribution in [0.25, 0.3) is 0 Å². The second kappa shape index (κ2) is 5.80. The first-order valence-corrected chi connectivity index (χ1v) is 7.03. The summed E-state index contributed by atoms with van der Waals surface area (Å²) in [6, 6.07) is 7.80. The highest BCUT2D eigenvalue weighted by atomic mass is 32.1. The van der Waals surface area contributed by atoms with E-state index in [1.807, 2.05) is 39.9 Å². The molecule has 17 heavy (non-hydrogen) atoms. The van der Waals surface area contributed by atoms with Crippen LogP contribution in [0.15, 0.2) is 47.7 Å². The summed E-state index contributed by atoms with van der Waals surface area (Å²) in [6.07, 6.45) is 1.76. The van der Waals surface area contributed by atoms with Gasteiger partial charge in [-0.2, -0.15) is 0 Å². The molecule has 0 spiro atoms. The maximum Gasteiger partial charge on any atom is 0.264 e. The Hall–Kier alpha value is -1.39. The second-order valence-electron chi connectivity index (χ2n) is 3.53. The van der Waals surface area contributed by atoms with Crippen LogP contribution in [-0.2, 0) is 6.54 Å². The lowest BCUT2D eigenvalue weighted by Crippen LogP contribution is -2.29. The molecule has 2 aromatic heterocycles. The van der Waals surface area contributed by atoms with Gasteiger partial charge in [-0.3, -0.25) is 4.79 Å². The Bertz CT molecular complexity index is 474. The predicted octanol–water partition coefficient (Wildman–Crippen LogP) is 3.64. The molecule has 0 radical (unpaired) electrons. The van der Waals surface area contributed by atoms with Crippen LogP contribution in [0, 0.1) is 0 Å². The van der Waals surface area contributed by atoms with Crippen molar-refractivity contribution in [2.45, 2.75) is 6.54 Å². The van der Waals surface area contributed by atoms with Crippen molar-refractivity contribution in [3.05, 3.63) is 57.4 Å². The van der Waals surface area contributed by atoms with Gasteiger partial charge in [-0.05, 0) is 22.9 Å². The summed E-state index contributed by atoms with van der Waals surface area (Å²) in [7, 11) is 0. The van der Waals surface area contributed by atoms with E-state index >= 15 is 0 Å². The van der Waals surface area contributed by atoms with E-state index in [9.17, 15) is 4.79 Å². The quantitative estimate of drug-likeness (QED) is 0.754. The Morgan fingerprint density at radius 3 is 2.65 bits per heavy atom. The molecule has 0 saturated heterocycles. The zero-order valence-corrected chi connectivity index (χ0v) is 11.0. The van der Waals surface area contributed by atoms with Crippen LogP contribution in [-0.4, -0.2) is 17.4 Å². The summed E-state index contributed by atoms with van der Waals surface area (Å²) < 4.78 is 0. The van der Waals surface area contributed by atoms with Crippen molar-refractivity contribution in [3.63, 3.8) is 0 Å². The van der Waals surface area contributed by atoms with E-state index in [0.29, 0.717) is 13.1 Å². The van der Waals surface area contributed by atoms with E-state index in [0.717, 1.165) is 4.88 Å². The molecule has 2 heterocycles. The van der Waals surface area contributed by atoms with E-state index in [-0.39, 0.29) is 5.91 Å². The molecule has 0 aliphatic carbocycles. The Labute approximate surface area is 109 Å². The van der Waals surface area contributed by atoms with Gasteiger partial charge in [-0.15, -0.1) is 29.3 Å². The van der Waals surface area contributed by atoms with Crippen molar-refractivity contribution in [1.29, 1.82) is 0 Å². The van der Waals surface area contributed by atoms with Crippen LogP contribution in [0.4, 0.5) is 0 Å². The summed E-state index contributed by atoms with van der Waals surface area (Å²) in [5.41, 5.74) is 0. The summed E-state index contributed by atoms with van der Waals surface area (Å²) in [5.74, 6) is 0.0771. The van der Waals surface area contributed by atoms with Crippen molar-refractivity contribution in [1.82, 2.24) is 4.90 Å². The fraction of sp³-hybridized carbons (Fsp3) is 0.154. The zero-order valence-electron chi connectivity index (χ0n) is 9.33. The average molecular weight is 263 g/mol. The van der Waals surface area contributed by atoms with Crippen LogP contribution >= 0.6 is 22.7 Å². The number of hydrogen-bond donors (Lipinski definition) is 0. The number of thiophene rings is 2. The van der Waals surface area contributed by atoms with Crippen LogP contribution in [0.5, 0.6) is 0 Å². The van der Waals surface area contributed by atoms with Gasteiger partial charge in [0.1, 0.15) is 0 Å². The maximum absolute atomic E-state index is 12.2. The van der Waals surface area contributed by atoms with Crippen molar-refractivity contribution >= 4 is 28.6 Å². The molecule has 0 aliphatic rings. The van der Waals surface area contributed by atoms with Gasteiger partial charge in [0.2, 0.25) is 0 Å². The predicted molar refractivity (Wildman–Crippen MR) is 73.6 cm³/mol. The Balaban J connectivity index is 2.11. The molecule has 2 rings (SSSR count). The molecule has 2 aromatic rings. The number of nitrogens with zero attached hydrogens (tertiary/aromatic N) is 1. The highest BCUT2D eigenvalue weighted by Crippen LogP contribution is 2.16. The highest BCUT2D eigenvalue weighted by molar-refractivity contribution is 7.12. The third-order valence-electron chi connectivity index (χ3n) is 2.30. The largest absolute Gasteiger partial charge is 0.329 e. The molecule has 0 fully saturated rings. The normalized spacial score (nSPS) is 10.1. The van der Waals surface area contributed by atoms with Crippen molar-refractivity contribution in [2.75, 3.05) is 6.54 Å². The monoisotopic (exact) mass is 263 g/mol. The van der Waals surface area contributed by atoms with E-state index in [1.165, 1.54) is 16.2 Å². The first-order valence-electron chi connectivity index (χ1n) is 5.27. The Morgan fingerprint density at radius 1 is 1.29 bits per heavy atom. The molecule has 0 atom stereocenters. The summed E-state index contributed by atoms with van der Waals surface area (Å²) in [4.78, 5) is 16.0. The Morgan fingerprint density at radius 2 is 2.06 bits per heavy atom. The molecular formula is C13H13NOS2. The van der Waals surface area contributed by atoms with E-state index < -0.39 is 0 Å². The number of carbonyl (C=O) groups excluding carboxylic acids is 1. The van der Waals surface area contributed by atoms with Crippen LogP contribution in [0.3, 0.4) is 0 Å². The fourth-order valence-corrected chi connectivity index (χ4v) is 2.93. The molecule has 0 unspecified atom stereocenters. The number of carbonyl (C=O) groups is 1. The van der Waals surface area contributed by atoms with Gasteiger partial charge in [-0.25, -0.2) is 0 Å². The van der Waals surface area contributed by atoms with Gasteiger partial charge in [0.15, 0.2) is 0 Å². The smallest absolute Gasteiger partial charge is 0.264 e. The summed E-state index contributed by atoms with van der Waals surface area (Å²) in [5, 5.41) is 3.95. The van der Waals surface area contributed by atoms with Crippen LogP contribution < -0.4 is 0 Å². The van der Waals surface area contributed by atoms with Gasteiger partial charge in [0, 0.05) is 11.4 Å². The first kappa shape index (κ1) is 12.1. The van der Waals surface area contributed by atoms with Crippen molar-refractivity contribution in [2.24, 2.45) is 0 Å². The SMILES string of the molecule is C=CCN(Cc1cccs1)C(=O)c1cccs1. The number of amides is 1. The van der Waals surface area contributed by atoms with Gasteiger partial charge in [-0.1, -0.05) is 18.2 Å². The Kier molecular flexibility index (Phi) is 4.12. The molecule has 1 amide bonds. The van der Waals surface area contributed by atoms with Crippen molar-refractivity contribution < 1.29 is 4.79 Å². The third kappa shape index (κ3) is 3.05. The maximum atomic E-state index is 12.2. The van der Waals surface area contributed by atoms with E-state index in [4.69, 9.17) is 0 Å². The number of hydrogen-bond acceptors (Lipinski definition) is 3. The van der Waals surface area contributed by atoms with E-state index in [2.05, 4.69) is 6.58 Å². The lowest BCUT2D eigenvalue weighted by atomic mass is 10.3. The molecule has 2 nitrogen and oxygen atoms in total. The molecule has 0 bridgehead atoms. The lowest BCUT2D eigenvalue weighted by Gasteiger charge is -2.19. The topological polar surface area (TPSA) is 20.3 Å². The fourth-order valence-electron chi connectivity index (χ4n) is 1.52. The number of rotatable bonds is 5. The minimum absolute atomic E-state index is 0.0771. The van der Waals surface area contributed by atoms with E-state index in [1.54, 1.807) is 17.4 Å². The summed E-state index contributed by atoms with van der Waals surface area (Å²) >= 11 is 3.14. The van der Waals surface area contributed by atoms with Gasteiger partial charge in [0.25, 0.3) is 5.91 Å². The van der Waals surface area contributed by atoms with Gasteiger partial charge >= 0.3 is 0 Å². The van der Waals surface area contributed by atoms with Gasteiger partial charge in [0.05, 0.1) is 11.4 Å². The molecular weight excluding hydrogens is 250 g/mol. The second-order valence-corrected chi connectivity index (χ2v) is 5.51. The lowest BCUT2D eigenvalue weighted by molar-refractivity contribution is 0.0769. The van der Waals surface area contributed by atoms with Crippen molar-refractivity contribution in [3.8, 4) is 0 Å². The highest BCUT2D eigenvalue weighted by Gasteiger charge is 2.15. The zero-order chi connectivity index (χ0) is 12.1. The minimum atomic E-state index is 0.0771. The molecule has 4 heteroatoms. The molecule has 0 aromatic carbocycles. The average Bonchev–Trinajstić information content (AvgIpc) is 3.00. The molecule has 0 saturated carbocycles. The minimum Gasteiger partial charge on any atom is -0.329 e. The molecule has 0 N–H and O–H groups in total. The standard InChI is InChI=1S/C13H13NOS2/c1-2-7-14(10-11-5-3-8-16-11)13(15)12-6-4-9-17-12/h2-6,8-9H,1,7,10H2. The van der Waals surface area contributed by atoms with Crippen LogP contribution in [0.1, 0.15) is 14.5 Å². The van der Waals surface area contributed by atoms with Crippen LogP contribution in [0.2, 0.25) is 0 Å². The third-order valence-corrected chi connectivity index (χ3v) is 4.01. The first-order chi connectivity index (χ1) is 8.31. The molecule has 0 aliphatic heterocycles. The van der Waals surface area contributed by atoms with Gasteiger partial charge < -0.3 is 4.90 Å². The molecule has 88 valence electrons. The summed E-state index contributed by atoms with van der Waals surface area (Å²) in [6.45, 7) is 4.94.